The fraction of sp³-hybridized carbons (Fsp3) is 0.941. The van der Waals surface area contributed by atoms with Gasteiger partial charge in [0.25, 0.3) is 0 Å². The van der Waals surface area contributed by atoms with Gasteiger partial charge in [-0.15, -0.1) is 24.8 Å². The lowest BCUT2D eigenvalue weighted by Crippen LogP contribution is -2.43. The zero-order valence-electron chi connectivity index (χ0n) is 14.5. The molecule has 24 heavy (non-hydrogen) atoms. The van der Waals surface area contributed by atoms with E-state index in [1.54, 1.807) is 0 Å². The molecule has 1 amide bonds. The highest BCUT2D eigenvalue weighted by molar-refractivity contribution is 5.85. The second-order valence-corrected chi connectivity index (χ2v) is 7.63. The van der Waals surface area contributed by atoms with Gasteiger partial charge in [0.1, 0.15) is 0 Å². The van der Waals surface area contributed by atoms with Gasteiger partial charge in [0.05, 0.1) is 13.2 Å². The maximum absolute atomic E-state index is 12.3. The highest BCUT2D eigenvalue weighted by atomic mass is 35.5. The second kappa shape index (κ2) is 10.2. The van der Waals surface area contributed by atoms with Crippen molar-refractivity contribution in [3.05, 3.63) is 0 Å². The van der Waals surface area contributed by atoms with Gasteiger partial charge in [-0.25, -0.2) is 0 Å². The van der Waals surface area contributed by atoms with E-state index in [0.717, 1.165) is 39.0 Å². The Hall–Kier alpha value is -0.0700. The van der Waals surface area contributed by atoms with Gasteiger partial charge in [-0.3, -0.25) is 9.69 Å². The Morgan fingerprint density at radius 1 is 1.17 bits per heavy atom. The lowest BCUT2D eigenvalue weighted by Gasteiger charge is -2.26. The van der Waals surface area contributed by atoms with Gasteiger partial charge >= 0.3 is 0 Å². The van der Waals surface area contributed by atoms with Crippen molar-refractivity contribution in [2.75, 3.05) is 39.3 Å². The minimum Gasteiger partial charge on any atom is -0.396 e. The SMILES string of the molecule is Cl.Cl.O=C(CN1CC2CNCC2(CO)C1)NC1CCCCCCC1. The molecule has 0 spiro atoms. The number of aliphatic hydroxyl groups is 1. The molecule has 2 atom stereocenters. The number of hydrogen-bond donors (Lipinski definition) is 3. The molecule has 142 valence electrons. The molecule has 0 aromatic carbocycles. The van der Waals surface area contributed by atoms with E-state index >= 15 is 0 Å². The number of aliphatic hydroxyl groups excluding tert-OH is 1. The highest BCUT2D eigenvalue weighted by Crippen LogP contribution is 2.38. The number of amides is 1. The monoisotopic (exact) mass is 381 g/mol. The molecule has 0 radical (unpaired) electrons. The lowest BCUT2D eigenvalue weighted by atomic mass is 9.82. The molecule has 3 rings (SSSR count). The first-order valence-electron chi connectivity index (χ1n) is 9.05. The second-order valence-electron chi connectivity index (χ2n) is 7.63. The molecule has 2 unspecified atom stereocenters. The fourth-order valence-corrected chi connectivity index (χ4v) is 4.55. The Morgan fingerprint density at radius 3 is 2.46 bits per heavy atom. The van der Waals surface area contributed by atoms with Crippen LogP contribution in [0.15, 0.2) is 0 Å². The molecule has 3 aliphatic rings. The van der Waals surface area contributed by atoms with Crippen LogP contribution in [0.2, 0.25) is 0 Å². The summed E-state index contributed by atoms with van der Waals surface area (Å²) < 4.78 is 0. The van der Waals surface area contributed by atoms with Crippen LogP contribution in [0, 0.1) is 11.3 Å². The first-order chi connectivity index (χ1) is 10.7. The Bertz CT molecular complexity index is 392. The van der Waals surface area contributed by atoms with Crippen molar-refractivity contribution < 1.29 is 9.90 Å². The molecule has 3 N–H and O–H groups in total. The summed E-state index contributed by atoms with van der Waals surface area (Å²) in [6.45, 7) is 4.36. The number of hydrogen-bond acceptors (Lipinski definition) is 4. The topological polar surface area (TPSA) is 64.6 Å². The molecule has 2 aliphatic heterocycles. The van der Waals surface area contributed by atoms with Crippen LogP contribution < -0.4 is 10.6 Å². The van der Waals surface area contributed by atoms with Crippen molar-refractivity contribution >= 4 is 30.7 Å². The van der Waals surface area contributed by atoms with E-state index in [9.17, 15) is 9.90 Å². The van der Waals surface area contributed by atoms with Gasteiger partial charge < -0.3 is 15.7 Å². The average molecular weight is 382 g/mol. The third kappa shape index (κ3) is 5.21. The molecule has 1 saturated carbocycles. The Morgan fingerprint density at radius 2 is 1.83 bits per heavy atom. The van der Waals surface area contributed by atoms with Crippen LogP contribution in [0.4, 0.5) is 0 Å². The van der Waals surface area contributed by atoms with E-state index in [4.69, 9.17) is 0 Å². The smallest absolute Gasteiger partial charge is 0.234 e. The third-order valence-corrected chi connectivity index (χ3v) is 5.90. The lowest BCUT2D eigenvalue weighted by molar-refractivity contribution is -0.123. The highest BCUT2D eigenvalue weighted by Gasteiger charge is 2.49. The Kier molecular flexibility index (Phi) is 9.31. The number of carbonyl (C=O) groups is 1. The number of nitrogens with one attached hydrogen (secondary N) is 2. The van der Waals surface area contributed by atoms with Gasteiger partial charge in [0.15, 0.2) is 0 Å². The summed E-state index contributed by atoms with van der Waals surface area (Å²) >= 11 is 0. The van der Waals surface area contributed by atoms with Crippen LogP contribution in [-0.4, -0.2) is 61.3 Å². The number of halogens is 2. The van der Waals surface area contributed by atoms with Gasteiger partial charge in [0.2, 0.25) is 5.91 Å². The maximum atomic E-state index is 12.3. The largest absolute Gasteiger partial charge is 0.396 e. The van der Waals surface area contributed by atoms with Crippen molar-refractivity contribution in [1.82, 2.24) is 15.5 Å². The summed E-state index contributed by atoms with van der Waals surface area (Å²) in [5.41, 5.74) is -0.0134. The number of carbonyl (C=O) groups excluding carboxylic acids is 1. The summed E-state index contributed by atoms with van der Waals surface area (Å²) in [5, 5.41) is 16.4. The molecule has 5 nitrogen and oxygen atoms in total. The van der Waals surface area contributed by atoms with E-state index in [0.29, 0.717) is 18.5 Å². The number of fused-ring (bicyclic) bond motifs is 1. The standard InChI is InChI=1S/C17H31N3O2.2ClH/c21-13-17-11-18-8-14(17)9-20(12-17)10-16(22)19-15-6-4-2-1-3-5-7-15;;/h14-15,18,21H,1-13H2,(H,19,22);2*1H. The Balaban J connectivity index is 0.00000144. The van der Waals surface area contributed by atoms with Crippen molar-refractivity contribution in [3.8, 4) is 0 Å². The quantitative estimate of drug-likeness (QED) is 0.691. The van der Waals surface area contributed by atoms with Crippen LogP contribution in [0.3, 0.4) is 0 Å². The van der Waals surface area contributed by atoms with Gasteiger partial charge in [0, 0.05) is 31.1 Å². The summed E-state index contributed by atoms with van der Waals surface area (Å²) in [6.07, 6.45) is 8.75. The minimum atomic E-state index is -0.0134. The van der Waals surface area contributed by atoms with Gasteiger partial charge in [-0.05, 0) is 25.3 Å². The van der Waals surface area contributed by atoms with Crippen LogP contribution in [0.25, 0.3) is 0 Å². The zero-order chi connectivity index (χ0) is 15.4. The third-order valence-electron chi connectivity index (χ3n) is 5.90. The Labute approximate surface area is 158 Å². The first-order valence-corrected chi connectivity index (χ1v) is 9.05. The summed E-state index contributed by atoms with van der Waals surface area (Å²) in [6, 6.07) is 0.378. The van der Waals surface area contributed by atoms with E-state index < -0.39 is 0 Å². The normalized spacial score (nSPS) is 31.3. The van der Waals surface area contributed by atoms with Crippen molar-refractivity contribution in [3.63, 3.8) is 0 Å². The number of rotatable bonds is 4. The predicted octanol–water partition coefficient (Wildman–Crippen LogP) is 1.57. The summed E-state index contributed by atoms with van der Waals surface area (Å²) in [4.78, 5) is 14.6. The van der Waals surface area contributed by atoms with E-state index in [2.05, 4.69) is 15.5 Å². The zero-order valence-corrected chi connectivity index (χ0v) is 16.1. The van der Waals surface area contributed by atoms with Crippen LogP contribution in [0.5, 0.6) is 0 Å². The molecule has 2 saturated heterocycles. The van der Waals surface area contributed by atoms with Crippen molar-refractivity contribution in [2.24, 2.45) is 11.3 Å². The molecule has 0 bridgehead atoms. The molecule has 1 aliphatic carbocycles. The van der Waals surface area contributed by atoms with Gasteiger partial charge in [-0.1, -0.05) is 32.1 Å². The van der Waals surface area contributed by atoms with Crippen LogP contribution >= 0.6 is 24.8 Å². The number of nitrogens with zero attached hydrogens (tertiary/aromatic N) is 1. The minimum absolute atomic E-state index is 0. The molecular weight excluding hydrogens is 349 g/mol. The van der Waals surface area contributed by atoms with E-state index in [1.165, 1.54) is 32.1 Å². The molecule has 2 heterocycles. The van der Waals surface area contributed by atoms with E-state index in [1.807, 2.05) is 0 Å². The predicted molar refractivity (Wildman–Crippen MR) is 101 cm³/mol. The summed E-state index contributed by atoms with van der Waals surface area (Å²) in [7, 11) is 0. The van der Waals surface area contributed by atoms with Crippen LogP contribution in [-0.2, 0) is 4.79 Å². The average Bonchev–Trinajstić information content (AvgIpc) is 2.98. The first kappa shape index (κ1) is 22.0. The molecule has 7 heteroatoms. The van der Waals surface area contributed by atoms with E-state index in [-0.39, 0.29) is 42.7 Å². The maximum Gasteiger partial charge on any atom is 0.234 e. The van der Waals surface area contributed by atoms with Gasteiger partial charge in [-0.2, -0.15) is 0 Å². The molecule has 0 aromatic heterocycles. The summed E-state index contributed by atoms with van der Waals surface area (Å²) in [5.74, 6) is 0.665. The number of likely N-dealkylation sites (tertiary alicyclic amines) is 1. The molecular formula is C17H33Cl2N3O2. The molecule has 0 aromatic rings. The fourth-order valence-electron chi connectivity index (χ4n) is 4.55. The van der Waals surface area contributed by atoms with Crippen molar-refractivity contribution in [1.29, 1.82) is 0 Å². The van der Waals surface area contributed by atoms with Crippen LogP contribution in [0.1, 0.15) is 44.9 Å². The van der Waals surface area contributed by atoms with Crippen molar-refractivity contribution in [2.45, 2.75) is 51.0 Å². The molecule has 3 fully saturated rings.